The molecular weight excluding hydrogens is 520 g/mol. The summed E-state index contributed by atoms with van der Waals surface area (Å²) in [6.45, 7) is 4.15. The second-order valence-corrected chi connectivity index (χ2v) is 13.7. The van der Waals surface area contributed by atoms with Gasteiger partial charge in [0, 0.05) is 40.5 Å². The van der Waals surface area contributed by atoms with Crippen molar-refractivity contribution in [3.63, 3.8) is 0 Å². The Morgan fingerprint density at radius 2 is 1.83 bits per heavy atom. The minimum atomic E-state index is -0.969. The smallest absolute Gasteiger partial charge is 0.0998 e. The molecule has 1 aromatic carbocycles. The number of H-pyrrole nitrogens is 1. The number of aliphatic hydroxyl groups is 2. The third-order valence-corrected chi connectivity index (χ3v) is 11.2. The fourth-order valence-corrected chi connectivity index (χ4v) is 9.61. The van der Waals surface area contributed by atoms with Crippen LogP contribution in [0.3, 0.4) is 0 Å². The third-order valence-electron chi connectivity index (χ3n) is 11.2. The van der Waals surface area contributed by atoms with E-state index in [0.29, 0.717) is 12.3 Å². The number of para-hydroxylation sites is 1. The van der Waals surface area contributed by atoms with Gasteiger partial charge in [-0.3, -0.25) is 9.88 Å². The van der Waals surface area contributed by atoms with Crippen LogP contribution in [0, 0.1) is 11.3 Å². The molecule has 0 saturated carbocycles. The SMILES string of the molecule is OC1C=CC2CC34CN5CCCCC=CCCC(O)(C=C(c6nccc7c6[nH]c6ccccc67)C3CC5)C4N2CCC1. The van der Waals surface area contributed by atoms with Gasteiger partial charge in [0.1, 0.15) is 0 Å². The summed E-state index contributed by atoms with van der Waals surface area (Å²) < 4.78 is 0. The lowest BCUT2D eigenvalue weighted by Gasteiger charge is -2.58. The zero-order valence-electron chi connectivity index (χ0n) is 24.6. The number of nitrogens with zero attached hydrogens (tertiary/aromatic N) is 3. The Kier molecular flexibility index (Phi) is 6.67. The summed E-state index contributed by atoms with van der Waals surface area (Å²) in [5, 5.41) is 26.0. The Bertz CT molecular complexity index is 1570. The predicted octanol–water partition coefficient (Wildman–Crippen LogP) is 5.83. The minimum Gasteiger partial charge on any atom is -0.389 e. The van der Waals surface area contributed by atoms with E-state index in [1.54, 1.807) is 0 Å². The van der Waals surface area contributed by atoms with Crippen molar-refractivity contribution in [1.82, 2.24) is 19.8 Å². The van der Waals surface area contributed by atoms with Crippen molar-refractivity contribution in [3.8, 4) is 0 Å². The number of benzene rings is 1. The van der Waals surface area contributed by atoms with E-state index in [1.807, 2.05) is 12.3 Å². The number of aromatic nitrogens is 2. The molecule has 220 valence electrons. The molecule has 1 aliphatic carbocycles. The number of nitrogens with one attached hydrogen (secondary N) is 1. The van der Waals surface area contributed by atoms with E-state index in [4.69, 9.17) is 4.98 Å². The first-order chi connectivity index (χ1) is 20.6. The minimum absolute atomic E-state index is 0.0440. The number of piperidine rings is 1. The van der Waals surface area contributed by atoms with Crippen LogP contribution in [0.15, 0.2) is 66.9 Å². The maximum atomic E-state index is 13.1. The number of fused-ring (bicyclic) bond motifs is 5. The molecule has 3 bridgehead atoms. The van der Waals surface area contributed by atoms with Gasteiger partial charge in [-0.2, -0.15) is 0 Å². The van der Waals surface area contributed by atoms with Crippen molar-refractivity contribution in [3.05, 3.63) is 72.6 Å². The quantitative estimate of drug-likeness (QED) is 0.325. The molecule has 7 unspecified atom stereocenters. The Hall–Kier alpha value is -2.77. The summed E-state index contributed by atoms with van der Waals surface area (Å²) in [6, 6.07) is 10.9. The fourth-order valence-electron chi connectivity index (χ4n) is 9.61. The van der Waals surface area contributed by atoms with Crippen LogP contribution in [-0.4, -0.2) is 79.9 Å². The van der Waals surface area contributed by atoms with E-state index in [2.05, 4.69) is 69.4 Å². The summed E-state index contributed by atoms with van der Waals surface area (Å²) in [7, 11) is 0. The number of aliphatic hydroxyl groups excluding tert-OH is 1. The molecule has 3 aromatic rings. The number of rotatable bonds is 1. The van der Waals surface area contributed by atoms with E-state index < -0.39 is 5.60 Å². The van der Waals surface area contributed by atoms with Gasteiger partial charge in [0.25, 0.3) is 0 Å². The first-order valence-corrected chi connectivity index (χ1v) is 16.4. The first kappa shape index (κ1) is 26.8. The zero-order valence-corrected chi connectivity index (χ0v) is 24.6. The second kappa shape index (κ2) is 10.4. The van der Waals surface area contributed by atoms with Gasteiger partial charge in [0.05, 0.1) is 29.0 Å². The molecule has 1 spiro atoms. The van der Waals surface area contributed by atoms with E-state index in [9.17, 15) is 10.2 Å². The molecule has 0 radical (unpaired) electrons. The van der Waals surface area contributed by atoms with Crippen molar-refractivity contribution in [2.75, 3.05) is 26.2 Å². The topological polar surface area (TPSA) is 75.6 Å². The maximum Gasteiger partial charge on any atom is 0.0998 e. The zero-order chi connectivity index (χ0) is 28.3. The highest BCUT2D eigenvalue weighted by Gasteiger charge is 2.65. The van der Waals surface area contributed by atoms with Gasteiger partial charge < -0.3 is 20.1 Å². The molecule has 2 fully saturated rings. The monoisotopic (exact) mass is 564 g/mol. The first-order valence-electron chi connectivity index (χ1n) is 16.4. The Balaban J connectivity index is 1.34. The molecule has 6 heterocycles. The van der Waals surface area contributed by atoms with Gasteiger partial charge in [-0.1, -0.05) is 42.5 Å². The number of pyridine rings is 1. The van der Waals surface area contributed by atoms with Crippen LogP contribution in [0.25, 0.3) is 27.4 Å². The van der Waals surface area contributed by atoms with E-state index in [0.717, 1.165) is 81.4 Å². The molecule has 6 nitrogen and oxygen atoms in total. The van der Waals surface area contributed by atoms with E-state index >= 15 is 0 Å². The van der Waals surface area contributed by atoms with Gasteiger partial charge in [-0.25, -0.2) is 0 Å². The van der Waals surface area contributed by atoms with E-state index in [-0.39, 0.29) is 23.6 Å². The number of aromatic amines is 1. The summed E-state index contributed by atoms with van der Waals surface area (Å²) in [6.07, 6.45) is 21.8. The highest BCUT2D eigenvalue weighted by molar-refractivity contribution is 6.09. The van der Waals surface area contributed by atoms with Crippen LogP contribution in [-0.2, 0) is 0 Å². The molecule has 7 atom stereocenters. The van der Waals surface area contributed by atoms with Crippen LogP contribution in [0.5, 0.6) is 0 Å². The van der Waals surface area contributed by atoms with Crippen molar-refractivity contribution in [1.29, 1.82) is 0 Å². The average molecular weight is 565 g/mol. The van der Waals surface area contributed by atoms with Gasteiger partial charge in [-0.05, 0) is 107 Å². The number of allylic oxidation sites excluding steroid dienone is 3. The van der Waals surface area contributed by atoms with Gasteiger partial charge >= 0.3 is 0 Å². The molecule has 3 N–H and O–H groups in total. The van der Waals surface area contributed by atoms with Gasteiger partial charge in [-0.15, -0.1) is 0 Å². The van der Waals surface area contributed by atoms with Gasteiger partial charge in [0.15, 0.2) is 0 Å². The Morgan fingerprint density at radius 1 is 0.929 bits per heavy atom. The fraction of sp³-hybridized carbons (Fsp3) is 0.528. The van der Waals surface area contributed by atoms with Crippen molar-refractivity contribution in [2.45, 2.75) is 81.6 Å². The van der Waals surface area contributed by atoms with Crippen molar-refractivity contribution < 1.29 is 10.2 Å². The molecule has 8 rings (SSSR count). The van der Waals surface area contributed by atoms with Crippen molar-refractivity contribution >= 4 is 27.4 Å². The summed E-state index contributed by atoms with van der Waals surface area (Å²) in [5.41, 5.74) is 3.42. The highest BCUT2D eigenvalue weighted by atomic mass is 16.3. The van der Waals surface area contributed by atoms with Crippen molar-refractivity contribution in [2.24, 2.45) is 11.3 Å². The molecule has 2 saturated heterocycles. The summed E-state index contributed by atoms with van der Waals surface area (Å²) >= 11 is 0. The second-order valence-electron chi connectivity index (χ2n) is 13.7. The lowest BCUT2D eigenvalue weighted by molar-refractivity contribution is -0.0897. The Morgan fingerprint density at radius 3 is 2.79 bits per heavy atom. The predicted molar refractivity (Wildman–Crippen MR) is 169 cm³/mol. The Labute approximate surface area is 248 Å². The van der Waals surface area contributed by atoms with E-state index in [1.165, 1.54) is 29.2 Å². The average Bonchev–Trinajstić information content (AvgIpc) is 3.51. The summed E-state index contributed by atoms with van der Waals surface area (Å²) in [5.74, 6) is 0.316. The highest BCUT2D eigenvalue weighted by Crippen LogP contribution is 2.61. The van der Waals surface area contributed by atoms with Crippen LogP contribution in [0.1, 0.15) is 63.5 Å². The molecule has 2 aromatic heterocycles. The molecule has 4 aliphatic heterocycles. The molecule has 42 heavy (non-hydrogen) atoms. The number of hydrogen-bond acceptors (Lipinski definition) is 5. The summed E-state index contributed by atoms with van der Waals surface area (Å²) in [4.78, 5) is 14.2. The maximum absolute atomic E-state index is 13.1. The molecule has 6 heteroatoms. The van der Waals surface area contributed by atoms with Crippen LogP contribution in [0.4, 0.5) is 0 Å². The van der Waals surface area contributed by atoms with Gasteiger partial charge in [0.2, 0.25) is 0 Å². The normalized spacial score (nSPS) is 37.3. The van der Waals surface area contributed by atoms with Crippen LogP contribution < -0.4 is 0 Å². The van der Waals surface area contributed by atoms with Crippen LogP contribution >= 0.6 is 0 Å². The number of hydrogen-bond donors (Lipinski definition) is 3. The standard InChI is InChI=1S/C36H44N4O2/c41-26-10-9-20-40-25(13-14-26)22-35-24-39-19-8-4-2-1-3-7-17-36(42,34(35)40)23-29(30(35)16-21-39)32-33-28(15-18-37-32)27-11-5-6-12-31(27)38-33/h1,3,5-6,11-15,18,23,25-26,30,34,38,41-42H,2,4,7-10,16-17,19-22,24H2. The lowest BCUT2D eigenvalue weighted by atomic mass is 9.54. The van der Waals surface area contributed by atoms with Crippen LogP contribution in [0.2, 0.25) is 0 Å². The third kappa shape index (κ3) is 4.25. The molecular formula is C36H44N4O2. The molecule has 0 amide bonds. The largest absolute Gasteiger partial charge is 0.389 e. The lowest BCUT2D eigenvalue weighted by Crippen LogP contribution is -2.65. The molecule has 5 aliphatic rings.